The third kappa shape index (κ3) is 4.26. The summed E-state index contributed by atoms with van der Waals surface area (Å²) in [4.78, 5) is 27.4. The highest BCUT2D eigenvalue weighted by molar-refractivity contribution is 5.98. The van der Waals surface area contributed by atoms with E-state index < -0.39 is 11.5 Å². The van der Waals surface area contributed by atoms with Crippen molar-refractivity contribution in [1.29, 1.82) is 0 Å². The van der Waals surface area contributed by atoms with E-state index in [9.17, 15) is 9.59 Å². The Labute approximate surface area is 166 Å². The molecule has 0 unspecified atom stereocenters. The maximum absolute atomic E-state index is 12.9. The molecule has 0 radical (unpaired) electrons. The van der Waals surface area contributed by atoms with Gasteiger partial charge in [-0.05, 0) is 63.4 Å². The van der Waals surface area contributed by atoms with Gasteiger partial charge in [0.05, 0.1) is 11.4 Å². The van der Waals surface area contributed by atoms with E-state index in [1.165, 1.54) is 0 Å². The predicted molar refractivity (Wildman–Crippen MR) is 110 cm³/mol. The molecule has 0 bridgehead atoms. The van der Waals surface area contributed by atoms with Gasteiger partial charge in [-0.15, -0.1) is 0 Å². The summed E-state index contributed by atoms with van der Waals surface area (Å²) < 4.78 is 1.88. The molecule has 28 heavy (non-hydrogen) atoms. The van der Waals surface area contributed by atoms with Crippen molar-refractivity contribution < 1.29 is 9.59 Å². The van der Waals surface area contributed by atoms with Gasteiger partial charge in [0.25, 0.3) is 0 Å². The summed E-state index contributed by atoms with van der Waals surface area (Å²) in [7, 11) is 0. The zero-order valence-electron chi connectivity index (χ0n) is 17.5. The van der Waals surface area contributed by atoms with Crippen LogP contribution in [0.1, 0.15) is 51.4 Å². The third-order valence-corrected chi connectivity index (χ3v) is 5.10. The van der Waals surface area contributed by atoms with Crippen molar-refractivity contribution in [2.45, 2.75) is 59.9 Å². The minimum atomic E-state index is -0.489. The van der Waals surface area contributed by atoms with Crippen molar-refractivity contribution in [2.24, 2.45) is 5.41 Å². The molecule has 0 aliphatic carbocycles. The van der Waals surface area contributed by atoms with Crippen LogP contribution in [0.25, 0.3) is 5.69 Å². The molecule has 6 nitrogen and oxygen atoms in total. The second-order valence-corrected chi connectivity index (χ2v) is 8.64. The van der Waals surface area contributed by atoms with Gasteiger partial charge in [0.1, 0.15) is 6.04 Å². The number of carbonyl (C=O) groups is 2. The number of aryl methyl sites for hydroxylation is 2. The number of carbonyl (C=O) groups excluding carboxylic acids is 2. The summed E-state index contributed by atoms with van der Waals surface area (Å²) in [5.74, 6) is -0.0802. The number of hydrogen-bond acceptors (Lipinski definition) is 3. The first-order valence-corrected chi connectivity index (χ1v) is 9.92. The van der Waals surface area contributed by atoms with E-state index in [1.54, 1.807) is 4.90 Å². The molecule has 1 aromatic carbocycles. The zero-order valence-corrected chi connectivity index (χ0v) is 17.5. The Hall–Kier alpha value is -2.63. The number of rotatable bonds is 3. The fourth-order valence-electron chi connectivity index (χ4n) is 3.68. The van der Waals surface area contributed by atoms with Crippen LogP contribution in [0, 0.1) is 19.3 Å². The Morgan fingerprint density at radius 2 is 1.79 bits per heavy atom. The van der Waals surface area contributed by atoms with Crippen LogP contribution in [0.2, 0.25) is 0 Å². The molecule has 1 saturated heterocycles. The number of nitrogens with one attached hydrogen (secondary N) is 1. The Kier molecular flexibility index (Phi) is 5.59. The summed E-state index contributed by atoms with van der Waals surface area (Å²) in [5, 5.41) is 7.47. The molecule has 1 atom stereocenters. The van der Waals surface area contributed by atoms with Crippen LogP contribution in [-0.2, 0) is 9.59 Å². The van der Waals surface area contributed by atoms with Crippen molar-refractivity contribution in [1.82, 2.24) is 14.7 Å². The van der Waals surface area contributed by atoms with Gasteiger partial charge in [-0.2, -0.15) is 5.10 Å². The first-order valence-electron chi connectivity index (χ1n) is 9.92. The third-order valence-electron chi connectivity index (χ3n) is 5.10. The molecular weight excluding hydrogens is 352 g/mol. The maximum Gasteiger partial charge on any atom is 0.247 e. The van der Waals surface area contributed by atoms with Crippen LogP contribution in [0.15, 0.2) is 30.3 Å². The standard InChI is InChI=1S/C22H30N4O2/c1-15-14-16(2)26(24-15)18-11-9-17(10-12-18)23-20(27)19-8-6-7-13-25(19)21(28)22(3,4)5/h9-12,14,19H,6-8,13H2,1-5H3,(H,23,27)/t19-/m1/s1. The minimum Gasteiger partial charge on any atom is -0.330 e. The molecule has 1 aliphatic rings. The van der Waals surface area contributed by atoms with Gasteiger partial charge in [-0.1, -0.05) is 20.8 Å². The molecule has 1 N–H and O–H groups in total. The molecule has 0 saturated carbocycles. The van der Waals surface area contributed by atoms with E-state index in [0.717, 1.165) is 35.6 Å². The molecule has 3 rings (SSSR count). The Morgan fingerprint density at radius 1 is 1.11 bits per heavy atom. The Balaban J connectivity index is 1.72. The summed E-state index contributed by atoms with van der Waals surface area (Å²) in [6.45, 7) is 10.3. The fourth-order valence-corrected chi connectivity index (χ4v) is 3.68. The average Bonchev–Trinajstić information content (AvgIpc) is 2.99. The lowest BCUT2D eigenvalue weighted by Crippen LogP contribution is -2.53. The minimum absolute atomic E-state index is 0.0345. The number of aromatic nitrogens is 2. The summed E-state index contributed by atoms with van der Waals surface area (Å²) in [5.41, 5.74) is 3.22. The molecule has 1 fully saturated rings. The predicted octanol–water partition coefficient (Wildman–Crippen LogP) is 3.85. The van der Waals surface area contributed by atoms with E-state index in [-0.39, 0.29) is 11.8 Å². The van der Waals surface area contributed by atoms with Gasteiger partial charge < -0.3 is 10.2 Å². The molecular formula is C22H30N4O2. The molecule has 1 aliphatic heterocycles. The molecule has 0 spiro atoms. The Bertz CT molecular complexity index is 862. The molecule has 2 aromatic rings. The molecule has 6 heteroatoms. The molecule has 2 heterocycles. The monoisotopic (exact) mass is 382 g/mol. The number of benzene rings is 1. The summed E-state index contributed by atoms with van der Waals surface area (Å²) in [6.07, 6.45) is 2.61. The van der Waals surface area contributed by atoms with Crippen LogP contribution < -0.4 is 5.32 Å². The highest BCUT2D eigenvalue weighted by Gasteiger charge is 2.36. The van der Waals surface area contributed by atoms with E-state index in [1.807, 2.05) is 69.6 Å². The van der Waals surface area contributed by atoms with E-state index in [0.29, 0.717) is 13.0 Å². The molecule has 1 aromatic heterocycles. The van der Waals surface area contributed by atoms with Crippen LogP contribution in [0.3, 0.4) is 0 Å². The van der Waals surface area contributed by atoms with E-state index >= 15 is 0 Å². The highest BCUT2D eigenvalue weighted by Crippen LogP contribution is 2.26. The summed E-state index contributed by atoms with van der Waals surface area (Å²) >= 11 is 0. The number of anilines is 1. The fraction of sp³-hybridized carbons (Fsp3) is 0.500. The smallest absolute Gasteiger partial charge is 0.247 e. The Morgan fingerprint density at radius 3 is 2.36 bits per heavy atom. The molecule has 150 valence electrons. The van der Waals surface area contributed by atoms with Gasteiger partial charge >= 0.3 is 0 Å². The van der Waals surface area contributed by atoms with Gasteiger partial charge in [0, 0.05) is 23.3 Å². The lowest BCUT2D eigenvalue weighted by Gasteiger charge is -2.38. The van der Waals surface area contributed by atoms with Gasteiger partial charge in [0.2, 0.25) is 11.8 Å². The van der Waals surface area contributed by atoms with Crippen molar-refractivity contribution in [2.75, 3.05) is 11.9 Å². The number of amides is 2. The average molecular weight is 383 g/mol. The van der Waals surface area contributed by atoms with Crippen LogP contribution >= 0.6 is 0 Å². The lowest BCUT2D eigenvalue weighted by atomic mass is 9.91. The normalized spacial score (nSPS) is 17.5. The number of hydrogen-bond donors (Lipinski definition) is 1. The first kappa shape index (κ1) is 20.1. The highest BCUT2D eigenvalue weighted by atomic mass is 16.2. The van der Waals surface area contributed by atoms with Gasteiger partial charge in [0.15, 0.2) is 0 Å². The largest absolute Gasteiger partial charge is 0.330 e. The second-order valence-electron chi connectivity index (χ2n) is 8.64. The van der Waals surface area contributed by atoms with Crippen LogP contribution in [0.5, 0.6) is 0 Å². The van der Waals surface area contributed by atoms with Crippen molar-refractivity contribution >= 4 is 17.5 Å². The topological polar surface area (TPSA) is 67.2 Å². The lowest BCUT2D eigenvalue weighted by molar-refractivity contribution is -0.147. The maximum atomic E-state index is 12.9. The van der Waals surface area contributed by atoms with Crippen LogP contribution in [0.4, 0.5) is 5.69 Å². The second kappa shape index (κ2) is 7.78. The van der Waals surface area contributed by atoms with E-state index in [4.69, 9.17) is 0 Å². The quantitative estimate of drug-likeness (QED) is 0.877. The van der Waals surface area contributed by atoms with Gasteiger partial charge in [-0.3, -0.25) is 9.59 Å². The zero-order chi connectivity index (χ0) is 20.5. The van der Waals surface area contributed by atoms with Crippen LogP contribution in [-0.4, -0.2) is 39.1 Å². The van der Waals surface area contributed by atoms with Crippen molar-refractivity contribution in [3.05, 3.63) is 41.7 Å². The van der Waals surface area contributed by atoms with Gasteiger partial charge in [-0.25, -0.2) is 4.68 Å². The van der Waals surface area contributed by atoms with E-state index in [2.05, 4.69) is 10.4 Å². The number of nitrogens with zero attached hydrogens (tertiary/aromatic N) is 3. The SMILES string of the molecule is Cc1cc(C)n(-c2ccc(NC(=O)[C@H]3CCCCN3C(=O)C(C)(C)C)cc2)n1. The molecule has 2 amide bonds. The number of likely N-dealkylation sites (tertiary alicyclic amines) is 1. The van der Waals surface area contributed by atoms with Crippen molar-refractivity contribution in [3.8, 4) is 5.69 Å². The number of piperidine rings is 1. The summed E-state index contributed by atoms with van der Waals surface area (Å²) in [6, 6.07) is 9.25. The first-order chi connectivity index (χ1) is 13.2. The van der Waals surface area contributed by atoms with Crippen molar-refractivity contribution in [3.63, 3.8) is 0 Å².